The average molecular weight is 396 g/mol. The SMILES string of the molecule is COc1ccc(CNc2nc3ccc(C(=O)O)c(F)c3n3cncc23)c(OC)c1. The summed E-state index contributed by atoms with van der Waals surface area (Å²) >= 11 is 0. The van der Waals surface area contributed by atoms with Gasteiger partial charge >= 0.3 is 5.97 Å². The lowest BCUT2D eigenvalue weighted by Crippen LogP contribution is -2.08. The number of ether oxygens (including phenoxy) is 2. The fourth-order valence-corrected chi connectivity index (χ4v) is 3.17. The van der Waals surface area contributed by atoms with E-state index in [1.807, 2.05) is 12.1 Å². The van der Waals surface area contributed by atoms with Gasteiger partial charge in [0.1, 0.15) is 22.5 Å². The highest BCUT2D eigenvalue weighted by Gasteiger charge is 2.18. The molecule has 2 heterocycles. The monoisotopic (exact) mass is 396 g/mol. The Morgan fingerprint density at radius 1 is 1.24 bits per heavy atom. The van der Waals surface area contributed by atoms with E-state index in [1.165, 1.54) is 29.1 Å². The molecular weight excluding hydrogens is 379 g/mol. The number of rotatable bonds is 6. The molecule has 0 bridgehead atoms. The minimum atomic E-state index is -1.34. The second-order valence-corrected chi connectivity index (χ2v) is 6.24. The van der Waals surface area contributed by atoms with Crippen molar-refractivity contribution in [1.29, 1.82) is 0 Å². The lowest BCUT2D eigenvalue weighted by Gasteiger charge is -2.14. The molecule has 0 unspecified atom stereocenters. The van der Waals surface area contributed by atoms with Crippen LogP contribution in [0.15, 0.2) is 42.9 Å². The number of carbonyl (C=O) groups is 1. The number of imidazole rings is 1. The van der Waals surface area contributed by atoms with Gasteiger partial charge in [0.05, 0.1) is 37.8 Å². The quantitative estimate of drug-likeness (QED) is 0.516. The number of carboxylic acid groups (broad SMARTS) is 1. The first-order valence-corrected chi connectivity index (χ1v) is 8.65. The first-order chi connectivity index (χ1) is 14.0. The normalized spacial score (nSPS) is 11.0. The molecule has 0 spiro atoms. The number of hydrogen-bond donors (Lipinski definition) is 2. The predicted octanol–water partition coefficient (Wildman–Crippen LogP) is 3.35. The van der Waals surface area contributed by atoms with Gasteiger partial charge in [-0.2, -0.15) is 0 Å². The maximum Gasteiger partial charge on any atom is 0.338 e. The van der Waals surface area contributed by atoms with Crippen LogP contribution in [0.5, 0.6) is 11.5 Å². The van der Waals surface area contributed by atoms with Crippen molar-refractivity contribution in [3.63, 3.8) is 0 Å². The van der Waals surface area contributed by atoms with Crippen LogP contribution in [0.1, 0.15) is 15.9 Å². The number of nitrogens with one attached hydrogen (secondary N) is 1. The van der Waals surface area contributed by atoms with Crippen molar-refractivity contribution in [2.24, 2.45) is 0 Å². The van der Waals surface area contributed by atoms with Gasteiger partial charge in [0.2, 0.25) is 0 Å². The first-order valence-electron chi connectivity index (χ1n) is 8.65. The van der Waals surface area contributed by atoms with Crippen LogP contribution in [0.2, 0.25) is 0 Å². The lowest BCUT2D eigenvalue weighted by atomic mass is 10.1. The van der Waals surface area contributed by atoms with Gasteiger partial charge in [-0.25, -0.2) is 19.2 Å². The number of halogens is 1. The number of nitrogens with zero attached hydrogens (tertiary/aromatic N) is 3. The Bertz CT molecular complexity index is 1240. The van der Waals surface area contributed by atoms with E-state index in [4.69, 9.17) is 9.47 Å². The molecule has 9 heteroatoms. The number of aromatic nitrogens is 3. The fourth-order valence-electron chi connectivity index (χ4n) is 3.17. The molecule has 2 aromatic carbocycles. The molecule has 148 valence electrons. The standard InChI is InChI=1S/C20H17FN4O4/c1-28-12-4-3-11(16(7-12)29-2)8-23-19-15-9-22-10-25(15)18-14(24-19)6-5-13(17(18)21)20(26)27/h3-7,9-10H,8H2,1-2H3,(H,23,24)(H,26,27). The smallest absolute Gasteiger partial charge is 0.338 e. The molecule has 0 radical (unpaired) electrons. The second kappa shape index (κ2) is 7.27. The molecule has 0 saturated carbocycles. The van der Waals surface area contributed by atoms with Crippen molar-refractivity contribution in [1.82, 2.24) is 14.4 Å². The van der Waals surface area contributed by atoms with E-state index in [1.54, 1.807) is 20.3 Å². The molecule has 0 aliphatic carbocycles. The molecule has 0 amide bonds. The summed E-state index contributed by atoms with van der Waals surface area (Å²) in [5.41, 5.74) is 1.34. The minimum absolute atomic E-state index is 0.0602. The van der Waals surface area contributed by atoms with Gasteiger partial charge in [-0.3, -0.25) is 4.40 Å². The zero-order valence-corrected chi connectivity index (χ0v) is 15.6. The summed E-state index contributed by atoms with van der Waals surface area (Å²) in [5, 5.41) is 12.4. The highest BCUT2D eigenvalue weighted by Crippen LogP contribution is 2.28. The minimum Gasteiger partial charge on any atom is -0.497 e. The maximum atomic E-state index is 14.8. The number of benzene rings is 2. The summed E-state index contributed by atoms with van der Waals surface area (Å²) < 4.78 is 26.9. The third-order valence-electron chi connectivity index (χ3n) is 4.62. The summed E-state index contributed by atoms with van der Waals surface area (Å²) in [6, 6.07) is 8.15. The van der Waals surface area contributed by atoms with Crippen LogP contribution in [0, 0.1) is 5.82 Å². The molecular formula is C20H17FN4O4. The Hall–Kier alpha value is -3.88. The number of fused-ring (bicyclic) bond motifs is 3. The number of anilines is 1. The highest BCUT2D eigenvalue weighted by atomic mass is 19.1. The largest absolute Gasteiger partial charge is 0.497 e. The van der Waals surface area contributed by atoms with Crippen molar-refractivity contribution in [3.05, 3.63) is 59.8 Å². The van der Waals surface area contributed by atoms with Crippen LogP contribution in [0.4, 0.5) is 10.2 Å². The van der Waals surface area contributed by atoms with Crippen LogP contribution in [0.25, 0.3) is 16.6 Å². The van der Waals surface area contributed by atoms with Gasteiger partial charge in [-0.1, -0.05) is 0 Å². The zero-order chi connectivity index (χ0) is 20.5. The molecule has 0 aliphatic rings. The molecule has 8 nitrogen and oxygen atoms in total. The molecule has 0 saturated heterocycles. The Morgan fingerprint density at radius 2 is 2.07 bits per heavy atom. The number of hydrogen-bond acceptors (Lipinski definition) is 6. The maximum absolute atomic E-state index is 14.8. The first kappa shape index (κ1) is 18.5. The number of aromatic carboxylic acids is 1. The van der Waals surface area contributed by atoms with Gasteiger partial charge in [-0.05, 0) is 24.3 Å². The summed E-state index contributed by atoms with van der Waals surface area (Å²) in [6.07, 6.45) is 2.96. The average Bonchev–Trinajstić information content (AvgIpc) is 3.21. The van der Waals surface area contributed by atoms with Crippen molar-refractivity contribution in [2.75, 3.05) is 19.5 Å². The van der Waals surface area contributed by atoms with Crippen LogP contribution < -0.4 is 14.8 Å². The van der Waals surface area contributed by atoms with Crippen LogP contribution in [-0.2, 0) is 6.54 Å². The van der Waals surface area contributed by atoms with Crippen LogP contribution in [0.3, 0.4) is 0 Å². The number of methoxy groups -OCH3 is 2. The van der Waals surface area contributed by atoms with E-state index >= 15 is 0 Å². The van der Waals surface area contributed by atoms with E-state index in [0.717, 1.165) is 5.56 Å². The Balaban J connectivity index is 1.76. The van der Waals surface area contributed by atoms with Gasteiger partial charge in [-0.15, -0.1) is 0 Å². The van der Waals surface area contributed by atoms with E-state index < -0.39 is 17.3 Å². The van der Waals surface area contributed by atoms with Crippen molar-refractivity contribution < 1.29 is 23.8 Å². The molecule has 2 N–H and O–H groups in total. The van der Waals surface area contributed by atoms with Gasteiger partial charge < -0.3 is 19.9 Å². The van der Waals surface area contributed by atoms with Crippen molar-refractivity contribution in [2.45, 2.75) is 6.54 Å². The summed E-state index contributed by atoms with van der Waals surface area (Å²) in [6.45, 7) is 0.391. The zero-order valence-electron chi connectivity index (χ0n) is 15.6. The van der Waals surface area contributed by atoms with Crippen LogP contribution in [-0.4, -0.2) is 39.7 Å². The molecule has 4 aromatic rings. The van der Waals surface area contributed by atoms with E-state index in [-0.39, 0.29) is 5.52 Å². The molecule has 0 fully saturated rings. The summed E-state index contributed by atoms with van der Waals surface area (Å²) in [7, 11) is 3.15. The van der Waals surface area contributed by atoms with Crippen LogP contribution >= 0.6 is 0 Å². The van der Waals surface area contributed by atoms with Crippen molar-refractivity contribution >= 4 is 28.3 Å². The van der Waals surface area contributed by atoms with Gasteiger partial charge in [0.25, 0.3) is 0 Å². The van der Waals surface area contributed by atoms with E-state index in [2.05, 4.69) is 15.3 Å². The molecule has 29 heavy (non-hydrogen) atoms. The highest BCUT2D eigenvalue weighted by molar-refractivity contribution is 5.94. The molecule has 4 rings (SSSR count). The van der Waals surface area contributed by atoms with E-state index in [0.29, 0.717) is 34.9 Å². The predicted molar refractivity (Wildman–Crippen MR) is 104 cm³/mol. The lowest BCUT2D eigenvalue weighted by molar-refractivity contribution is 0.0692. The second-order valence-electron chi connectivity index (χ2n) is 6.24. The van der Waals surface area contributed by atoms with Gasteiger partial charge in [0, 0.05) is 18.2 Å². The summed E-state index contributed by atoms with van der Waals surface area (Å²) in [5.74, 6) is -0.382. The number of carboxylic acids is 1. The molecule has 0 atom stereocenters. The van der Waals surface area contributed by atoms with E-state index in [9.17, 15) is 14.3 Å². The topological polar surface area (TPSA) is 98.0 Å². The van der Waals surface area contributed by atoms with Crippen molar-refractivity contribution in [3.8, 4) is 11.5 Å². The Labute approximate surface area is 164 Å². The van der Waals surface area contributed by atoms with Gasteiger partial charge in [0.15, 0.2) is 11.6 Å². The molecule has 0 aliphatic heterocycles. The summed E-state index contributed by atoms with van der Waals surface area (Å²) in [4.78, 5) is 19.8. The third kappa shape index (κ3) is 3.16. The fraction of sp³-hybridized carbons (Fsp3) is 0.150. The Kier molecular flexibility index (Phi) is 4.63. The molecule has 2 aromatic heterocycles. The Morgan fingerprint density at radius 3 is 2.79 bits per heavy atom. The third-order valence-corrected chi connectivity index (χ3v) is 4.62.